The summed E-state index contributed by atoms with van der Waals surface area (Å²) in [6.07, 6.45) is 0. The Kier molecular flexibility index (Phi) is 1090. The van der Waals surface area contributed by atoms with Gasteiger partial charge in [0.05, 0.1) is 0 Å². The fourth-order valence-electron chi connectivity index (χ4n) is 0. The van der Waals surface area contributed by atoms with Crippen LogP contribution in [-0.2, 0) is 37.5 Å². The molecule has 0 aliphatic rings. The van der Waals surface area contributed by atoms with Gasteiger partial charge in [0.25, 0.3) is 0 Å². The standard InChI is InChI=1S/Mo.3O.H2Te/h;;;;1H2/q;3*-2;. The number of hydrogen-bond donors (Lipinski definition) is 0. The second-order valence-electron chi connectivity index (χ2n) is 0. The summed E-state index contributed by atoms with van der Waals surface area (Å²) in [5, 5.41) is 0. The van der Waals surface area contributed by atoms with Crippen molar-refractivity contribution in [2.45, 2.75) is 0 Å². The van der Waals surface area contributed by atoms with E-state index in [2.05, 4.69) is 0 Å². The van der Waals surface area contributed by atoms with E-state index in [1.165, 1.54) is 0 Å². The Labute approximate surface area is 61.0 Å². The molecule has 0 bridgehead atoms. The van der Waals surface area contributed by atoms with Crippen molar-refractivity contribution in [1.29, 1.82) is 0 Å². The van der Waals surface area contributed by atoms with E-state index in [1.54, 1.807) is 0 Å². The third kappa shape index (κ3) is 32.8. The van der Waals surface area contributed by atoms with Gasteiger partial charge in [-0.25, -0.2) is 0 Å². The van der Waals surface area contributed by atoms with Crippen molar-refractivity contribution < 1.29 is 37.5 Å². The maximum atomic E-state index is 0. The van der Waals surface area contributed by atoms with Crippen molar-refractivity contribution in [1.82, 2.24) is 0 Å². The molecular formula is H2MoO3Te-6. The molecule has 0 amide bonds. The van der Waals surface area contributed by atoms with Crippen LogP contribution in [0.1, 0.15) is 0 Å². The van der Waals surface area contributed by atoms with Crippen LogP contribution < -0.4 is 0 Å². The van der Waals surface area contributed by atoms with Crippen LogP contribution in [0.2, 0.25) is 0 Å². The average molecular weight is 274 g/mol. The van der Waals surface area contributed by atoms with E-state index in [0.717, 1.165) is 0 Å². The Morgan fingerprint density at radius 2 is 0.600 bits per heavy atom. The van der Waals surface area contributed by atoms with Crippen LogP contribution in [0, 0.1) is 0 Å². The molecule has 0 radical (unpaired) electrons. The summed E-state index contributed by atoms with van der Waals surface area (Å²) in [5.74, 6) is 0. The van der Waals surface area contributed by atoms with Crippen molar-refractivity contribution >= 4 is 23.7 Å². The van der Waals surface area contributed by atoms with Gasteiger partial charge in [-0.15, -0.1) is 0 Å². The minimum absolute atomic E-state index is 0. The summed E-state index contributed by atoms with van der Waals surface area (Å²) in [6.45, 7) is 0. The zero-order valence-corrected chi connectivity index (χ0v) is 6.99. The predicted octanol–water partition coefficient (Wildman–Crippen LogP) is -1.28. The van der Waals surface area contributed by atoms with Gasteiger partial charge >= 0.3 is 23.7 Å². The van der Waals surface area contributed by atoms with E-state index in [1.807, 2.05) is 0 Å². The Morgan fingerprint density at radius 3 is 0.600 bits per heavy atom. The minimum atomic E-state index is 0. The van der Waals surface area contributed by atoms with E-state index in [9.17, 15) is 0 Å². The summed E-state index contributed by atoms with van der Waals surface area (Å²) in [4.78, 5) is 0. The molecule has 0 aliphatic heterocycles. The summed E-state index contributed by atoms with van der Waals surface area (Å²) >= 11 is 0. The van der Waals surface area contributed by atoms with E-state index in [4.69, 9.17) is 0 Å². The van der Waals surface area contributed by atoms with E-state index < -0.39 is 0 Å². The summed E-state index contributed by atoms with van der Waals surface area (Å²) < 4.78 is 0. The maximum absolute atomic E-state index is 0. The van der Waals surface area contributed by atoms with Crippen LogP contribution in [0.3, 0.4) is 0 Å². The molecule has 0 spiro atoms. The second-order valence-corrected chi connectivity index (χ2v) is 0. The van der Waals surface area contributed by atoms with Crippen molar-refractivity contribution in [3.63, 3.8) is 0 Å². The van der Waals surface area contributed by atoms with Crippen LogP contribution in [-0.4, -0.2) is 23.7 Å². The Bertz CT molecular complexity index is 6.85. The molecule has 5 heteroatoms. The SMILES string of the molecule is [Mo].[O-2].[O-2].[O-2].[TeH2]. The molecule has 0 N–H and O–H groups in total. The molecule has 0 atom stereocenters. The summed E-state index contributed by atoms with van der Waals surface area (Å²) in [6, 6.07) is 0. The Balaban J connectivity index is 0. The third-order valence-corrected chi connectivity index (χ3v) is 0. The fourth-order valence-corrected chi connectivity index (χ4v) is 0. The molecule has 0 aliphatic carbocycles. The quantitative estimate of drug-likeness (QED) is 0.493. The second kappa shape index (κ2) is 55.2. The van der Waals surface area contributed by atoms with Gasteiger partial charge in [0.1, 0.15) is 0 Å². The molecule has 0 saturated heterocycles. The normalized spacial score (nSPS) is 0. The predicted molar refractivity (Wildman–Crippen MR) is 10.6 cm³/mol. The molecule has 5 heavy (non-hydrogen) atoms. The monoisotopic (exact) mass is 278 g/mol. The molecule has 0 rings (SSSR count). The van der Waals surface area contributed by atoms with Crippen LogP contribution in [0.4, 0.5) is 0 Å². The number of hydrogen-bond acceptors (Lipinski definition) is 0. The van der Waals surface area contributed by atoms with Gasteiger partial charge in [-0.1, -0.05) is 0 Å². The molecular weight excluding hydrogens is 272 g/mol. The topological polar surface area (TPSA) is 85.5 Å². The van der Waals surface area contributed by atoms with E-state index in [-0.39, 0.29) is 61.2 Å². The van der Waals surface area contributed by atoms with Gasteiger partial charge in [0.15, 0.2) is 0 Å². The third-order valence-electron chi connectivity index (χ3n) is 0. The van der Waals surface area contributed by atoms with Crippen molar-refractivity contribution in [2.75, 3.05) is 0 Å². The summed E-state index contributed by atoms with van der Waals surface area (Å²) in [7, 11) is 0. The van der Waals surface area contributed by atoms with Crippen LogP contribution in [0.15, 0.2) is 0 Å². The zero-order chi connectivity index (χ0) is 0. The Morgan fingerprint density at radius 1 is 0.600 bits per heavy atom. The molecule has 3 nitrogen and oxygen atoms in total. The van der Waals surface area contributed by atoms with E-state index in [0.29, 0.717) is 0 Å². The van der Waals surface area contributed by atoms with Crippen LogP contribution >= 0.6 is 0 Å². The average Bonchev–Trinajstić information content (AvgIpc) is 0. The molecule has 0 heterocycles. The van der Waals surface area contributed by atoms with Gasteiger partial charge in [-0.05, 0) is 0 Å². The zero-order valence-electron chi connectivity index (χ0n) is 2.13. The first-order chi connectivity index (χ1) is 0. The first-order valence-electron chi connectivity index (χ1n) is 0. The number of rotatable bonds is 0. The molecule has 0 aromatic heterocycles. The molecule has 0 aromatic carbocycles. The van der Waals surface area contributed by atoms with Gasteiger partial charge < -0.3 is 16.4 Å². The molecule has 0 aromatic rings. The van der Waals surface area contributed by atoms with Crippen LogP contribution in [0.25, 0.3) is 0 Å². The van der Waals surface area contributed by atoms with Gasteiger partial charge in [0.2, 0.25) is 0 Å². The summed E-state index contributed by atoms with van der Waals surface area (Å²) in [5.41, 5.74) is 0. The first kappa shape index (κ1) is 99.0. The molecule has 0 saturated carbocycles. The van der Waals surface area contributed by atoms with Gasteiger partial charge in [-0.3, -0.25) is 0 Å². The van der Waals surface area contributed by atoms with Crippen molar-refractivity contribution in [2.24, 2.45) is 0 Å². The van der Waals surface area contributed by atoms with E-state index >= 15 is 0 Å². The molecule has 38 valence electrons. The molecule has 0 unspecified atom stereocenters. The molecule has 0 fully saturated rings. The fraction of sp³-hybridized carbons (Fsp3) is 0. The Hall–Kier alpha value is 1.36. The van der Waals surface area contributed by atoms with Crippen LogP contribution in [0.5, 0.6) is 0 Å². The first-order valence-corrected chi connectivity index (χ1v) is 0. The van der Waals surface area contributed by atoms with Gasteiger partial charge in [-0.2, -0.15) is 0 Å². The van der Waals surface area contributed by atoms with Gasteiger partial charge in [0, 0.05) is 21.1 Å². The van der Waals surface area contributed by atoms with Crippen molar-refractivity contribution in [3.8, 4) is 0 Å². The van der Waals surface area contributed by atoms with Crippen molar-refractivity contribution in [3.05, 3.63) is 0 Å².